The molecule has 0 aromatic heterocycles. The van der Waals surface area contributed by atoms with Crippen LogP contribution in [0.5, 0.6) is 0 Å². The van der Waals surface area contributed by atoms with Crippen LogP contribution in [-0.2, 0) is 21.9 Å². The number of halogens is 2. The van der Waals surface area contributed by atoms with Crippen molar-refractivity contribution in [3.8, 4) is 0 Å². The highest BCUT2D eigenvalue weighted by molar-refractivity contribution is 6.00. The Kier molecular flexibility index (Phi) is 3.26. The van der Waals surface area contributed by atoms with Gasteiger partial charge in [-0.25, -0.2) is 8.78 Å². The molecule has 0 radical (unpaired) electrons. The highest BCUT2D eigenvalue weighted by atomic mass is 19.3. The lowest BCUT2D eigenvalue weighted by Crippen LogP contribution is -2.20. The number of hydrogen-bond acceptors (Lipinski definition) is 2. The monoisotopic (exact) mass is 269 g/mol. The average molecular weight is 269 g/mol. The number of anilines is 1. The minimum Gasteiger partial charge on any atom is -0.481 e. The molecule has 1 amide bonds. The summed E-state index contributed by atoms with van der Waals surface area (Å²) in [5.74, 6) is -4.59. The Labute approximate surface area is 108 Å². The molecule has 1 N–H and O–H groups in total. The molecule has 6 heteroatoms. The van der Waals surface area contributed by atoms with Gasteiger partial charge in [0.05, 0.1) is 12.8 Å². The molecular formula is C13H13F2NO3. The average Bonchev–Trinajstić information content (AvgIpc) is 2.62. The van der Waals surface area contributed by atoms with Crippen molar-refractivity contribution in [2.24, 2.45) is 0 Å². The number of rotatable bonds is 4. The lowest BCUT2D eigenvalue weighted by atomic mass is 10.00. The predicted octanol–water partition coefficient (Wildman–Crippen LogP) is 2.16. The maximum Gasteiger partial charge on any atom is 0.303 e. The number of carbonyl (C=O) groups excluding carboxylic acids is 1. The van der Waals surface area contributed by atoms with E-state index in [4.69, 9.17) is 5.11 Å². The van der Waals surface area contributed by atoms with Crippen LogP contribution in [0.3, 0.4) is 0 Å². The van der Waals surface area contributed by atoms with Gasteiger partial charge in [0.2, 0.25) is 5.91 Å². The van der Waals surface area contributed by atoms with Crippen LogP contribution in [-0.4, -0.2) is 24.0 Å². The van der Waals surface area contributed by atoms with Gasteiger partial charge < -0.3 is 10.0 Å². The van der Waals surface area contributed by atoms with E-state index in [0.29, 0.717) is 11.3 Å². The van der Waals surface area contributed by atoms with Crippen molar-refractivity contribution < 1.29 is 23.5 Å². The van der Waals surface area contributed by atoms with Crippen LogP contribution in [0, 0.1) is 0 Å². The first-order valence-corrected chi connectivity index (χ1v) is 5.81. The molecule has 1 aliphatic heterocycles. The van der Waals surface area contributed by atoms with Gasteiger partial charge in [-0.15, -0.1) is 0 Å². The third kappa shape index (κ3) is 2.57. The molecule has 2 rings (SSSR count). The molecule has 0 bridgehead atoms. The molecule has 1 aromatic rings. The van der Waals surface area contributed by atoms with E-state index in [2.05, 4.69) is 0 Å². The summed E-state index contributed by atoms with van der Waals surface area (Å²) in [6.45, 7) is 0. The second-order valence-electron chi connectivity index (χ2n) is 4.57. The molecule has 0 unspecified atom stereocenters. The fourth-order valence-electron chi connectivity index (χ4n) is 2.11. The molecule has 0 fully saturated rings. The van der Waals surface area contributed by atoms with E-state index < -0.39 is 24.7 Å². The van der Waals surface area contributed by atoms with E-state index in [1.807, 2.05) is 0 Å². The van der Waals surface area contributed by atoms with Gasteiger partial charge in [0.15, 0.2) is 0 Å². The second-order valence-corrected chi connectivity index (χ2v) is 4.57. The van der Waals surface area contributed by atoms with Crippen LogP contribution in [0.4, 0.5) is 14.5 Å². The Morgan fingerprint density at radius 1 is 1.47 bits per heavy atom. The first-order chi connectivity index (χ1) is 8.81. The molecule has 0 saturated carbocycles. The van der Waals surface area contributed by atoms with Crippen molar-refractivity contribution in [1.82, 2.24) is 0 Å². The zero-order chi connectivity index (χ0) is 14.2. The minimum atomic E-state index is -3.20. The van der Waals surface area contributed by atoms with Crippen LogP contribution >= 0.6 is 0 Å². The number of alkyl halides is 2. The molecule has 1 aromatic carbocycles. The molecule has 102 valence electrons. The lowest BCUT2D eigenvalue weighted by Gasteiger charge is -2.17. The quantitative estimate of drug-likeness (QED) is 0.911. The van der Waals surface area contributed by atoms with E-state index in [9.17, 15) is 18.4 Å². The first kappa shape index (κ1) is 13.5. The fourth-order valence-corrected chi connectivity index (χ4v) is 2.11. The number of hydrogen-bond donors (Lipinski definition) is 1. The van der Waals surface area contributed by atoms with E-state index in [1.54, 1.807) is 7.05 Å². The van der Waals surface area contributed by atoms with E-state index in [1.165, 1.54) is 23.1 Å². The van der Waals surface area contributed by atoms with Crippen molar-refractivity contribution in [2.45, 2.75) is 25.2 Å². The second kappa shape index (κ2) is 4.60. The number of fused-ring (bicyclic) bond motifs is 1. The number of carbonyl (C=O) groups is 2. The molecule has 0 aliphatic carbocycles. The van der Waals surface area contributed by atoms with Gasteiger partial charge in [-0.2, -0.15) is 0 Å². The van der Waals surface area contributed by atoms with Gasteiger partial charge in [-0.1, -0.05) is 6.07 Å². The first-order valence-electron chi connectivity index (χ1n) is 5.81. The van der Waals surface area contributed by atoms with Crippen molar-refractivity contribution in [3.05, 3.63) is 29.3 Å². The molecule has 0 atom stereocenters. The standard InChI is InChI=1S/C13H13F2NO3/c1-16-10-3-2-9(6-8(10)7-11(16)17)13(14,15)5-4-12(18)19/h2-3,6H,4-5,7H2,1H3,(H,18,19). The topological polar surface area (TPSA) is 57.6 Å². The van der Waals surface area contributed by atoms with Gasteiger partial charge in [0, 0.05) is 24.7 Å². The number of benzene rings is 1. The number of nitrogens with zero attached hydrogens (tertiary/aromatic N) is 1. The van der Waals surface area contributed by atoms with Gasteiger partial charge in [-0.05, 0) is 17.7 Å². The van der Waals surface area contributed by atoms with Crippen LogP contribution in [0.15, 0.2) is 18.2 Å². The Bertz CT molecular complexity index is 543. The molecule has 19 heavy (non-hydrogen) atoms. The van der Waals surface area contributed by atoms with Crippen molar-refractivity contribution >= 4 is 17.6 Å². The van der Waals surface area contributed by atoms with Crippen molar-refractivity contribution in [1.29, 1.82) is 0 Å². The Balaban J connectivity index is 2.25. The van der Waals surface area contributed by atoms with E-state index in [0.717, 1.165) is 0 Å². The molecule has 1 aliphatic rings. The maximum atomic E-state index is 13.8. The number of amides is 1. The summed E-state index contributed by atoms with van der Waals surface area (Å²) in [4.78, 5) is 23.3. The van der Waals surface area contributed by atoms with Crippen LogP contribution in [0.1, 0.15) is 24.0 Å². The third-order valence-corrected chi connectivity index (χ3v) is 3.23. The van der Waals surface area contributed by atoms with Crippen molar-refractivity contribution in [3.63, 3.8) is 0 Å². The summed E-state index contributed by atoms with van der Waals surface area (Å²) < 4.78 is 27.6. The van der Waals surface area contributed by atoms with E-state index in [-0.39, 0.29) is 17.9 Å². The van der Waals surface area contributed by atoms with Gasteiger partial charge in [0.25, 0.3) is 5.92 Å². The summed E-state index contributed by atoms with van der Waals surface area (Å²) in [7, 11) is 1.59. The number of likely N-dealkylation sites (N-methyl/N-ethyl adjacent to an activating group) is 1. The molecular weight excluding hydrogens is 256 g/mol. The number of aliphatic carboxylic acids is 1. The number of carboxylic acid groups (broad SMARTS) is 1. The van der Waals surface area contributed by atoms with Gasteiger partial charge >= 0.3 is 5.97 Å². The highest BCUT2D eigenvalue weighted by Gasteiger charge is 2.34. The number of carboxylic acids is 1. The summed E-state index contributed by atoms with van der Waals surface area (Å²) in [6.07, 6.45) is -1.23. The molecule has 4 nitrogen and oxygen atoms in total. The summed E-state index contributed by atoms with van der Waals surface area (Å²) in [6, 6.07) is 4.01. The highest BCUT2D eigenvalue weighted by Crippen LogP contribution is 2.37. The molecule has 0 saturated heterocycles. The van der Waals surface area contributed by atoms with Gasteiger partial charge in [-0.3, -0.25) is 9.59 Å². The lowest BCUT2D eigenvalue weighted by molar-refractivity contribution is -0.139. The molecule has 1 heterocycles. The Morgan fingerprint density at radius 3 is 2.79 bits per heavy atom. The fraction of sp³-hybridized carbons (Fsp3) is 0.385. The Hall–Kier alpha value is -1.98. The maximum absolute atomic E-state index is 13.8. The van der Waals surface area contributed by atoms with Gasteiger partial charge in [0.1, 0.15) is 0 Å². The van der Waals surface area contributed by atoms with E-state index >= 15 is 0 Å². The van der Waals surface area contributed by atoms with Crippen LogP contribution in [0.2, 0.25) is 0 Å². The summed E-state index contributed by atoms with van der Waals surface area (Å²) in [5, 5.41) is 8.46. The van der Waals surface area contributed by atoms with Crippen LogP contribution in [0.25, 0.3) is 0 Å². The molecule has 0 spiro atoms. The summed E-state index contributed by atoms with van der Waals surface area (Å²) >= 11 is 0. The zero-order valence-electron chi connectivity index (χ0n) is 10.3. The Morgan fingerprint density at radius 2 is 2.16 bits per heavy atom. The predicted molar refractivity (Wildman–Crippen MR) is 64.3 cm³/mol. The normalized spacial score (nSPS) is 14.7. The minimum absolute atomic E-state index is 0.106. The SMILES string of the molecule is CN1C(=O)Cc2cc(C(F)(F)CCC(=O)O)ccc21. The zero-order valence-corrected chi connectivity index (χ0v) is 10.3. The largest absolute Gasteiger partial charge is 0.481 e. The van der Waals surface area contributed by atoms with Crippen molar-refractivity contribution in [2.75, 3.05) is 11.9 Å². The smallest absolute Gasteiger partial charge is 0.303 e. The van der Waals surface area contributed by atoms with Crippen LogP contribution < -0.4 is 4.90 Å². The third-order valence-electron chi connectivity index (χ3n) is 3.23. The summed E-state index contributed by atoms with van der Waals surface area (Å²) in [5.41, 5.74) is 0.943.